The fourth-order valence-corrected chi connectivity index (χ4v) is 3.87. The summed E-state index contributed by atoms with van der Waals surface area (Å²) < 4.78 is 0. The summed E-state index contributed by atoms with van der Waals surface area (Å²) in [5.41, 5.74) is 3.03. The molecule has 4 rings (SSSR count). The van der Waals surface area contributed by atoms with Crippen LogP contribution in [0.1, 0.15) is 17.2 Å². The van der Waals surface area contributed by atoms with Gasteiger partial charge >= 0.3 is 0 Å². The van der Waals surface area contributed by atoms with Crippen molar-refractivity contribution in [1.82, 2.24) is 20.2 Å². The molecule has 0 saturated carbocycles. The summed E-state index contributed by atoms with van der Waals surface area (Å²) in [4.78, 5) is 17.5. The maximum atomic E-state index is 9.35. The Kier molecular flexibility index (Phi) is 6.29. The molecule has 7 nitrogen and oxygen atoms in total. The second kappa shape index (κ2) is 9.45. The highest BCUT2D eigenvalue weighted by atomic mass is 35.5. The van der Waals surface area contributed by atoms with E-state index in [1.54, 1.807) is 6.20 Å². The number of aliphatic imine (C=N–C) groups is 1. The van der Waals surface area contributed by atoms with Gasteiger partial charge in [0.2, 0.25) is 11.2 Å². The van der Waals surface area contributed by atoms with Gasteiger partial charge in [-0.15, -0.1) is 0 Å². The number of halogens is 1. The molecule has 2 aromatic carbocycles. The number of hydrogen-bond acceptors (Lipinski definition) is 5. The molecular formula is C23H22ClN7. The first-order valence-electron chi connectivity index (χ1n) is 10.00. The van der Waals surface area contributed by atoms with Crippen molar-refractivity contribution in [2.45, 2.75) is 13.0 Å². The van der Waals surface area contributed by atoms with Gasteiger partial charge in [-0.1, -0.05) is 48.5 Å². The van der Waals surface area contributed by atoms with Gasteiger partial charge in [-0.05, 0) is 41.8 Å². The smallest absolute Gasteiger partial charge is 0.224 e. The minimum atomic E-state index is 0.00322. The summed E-state index contributed by atoms with van der Waals surface area (Å²) in [5.74, 6) is 1.32. The van der Waals surface area contributed by atoms with Gasteiger partial charge in [0.25, 0.3) is 0 Å². The molecule has 0 aliphatic carbocycles. The van der Waals surface area contributed by atoms with Crippen LogP contribution < -0.4 is 10.2 Å². The molecule has 2 heterocycles. The summed E-state index contributed by atoms with van der Waals surface area (Å²) in [7, 11) is 0. The molecule has 1 fully saturated rings. The fraction of sp³-hybridized carbons (Fsp3) is 0.217. The summed E-state index contributed by atoms with van der Waals surface area (Å²) in [6.07, 6.45) is 3.70. The quantitative estimate of drug-likeness (QED) is 0.221. The molecule has 156 valence electrons. The van der Waals surface area contributed by atoms with Crippen molar-refractivity contribution in [3.8, 4) is 6.19 Å². The van der Waals surface area contributed by atoms with Crippen molar-refractivity contribution in [2.24, 2.45) is 4.99 Å². The van der Waals surface area contributed by atoms with E-state index in [1.165, 1.54) is 0 Å². The summed E-state index contributed by atoms with van der Waals surface area (Å²) in [5, 5.41) is 12.3. The third kappa shape index (κ3) is 4.76. The minimum absolute atomic E-state index is 0.00322. The van der Waals surface area contributed by atoms with Crippen LogP contribution in [-0.4, -0.2) is 40.5 Å². The van der Waals surface area contributed by atoms with Crippen molar-refractivity contribution >= 4 is 29.1 Å². The number of guanidine groups is 1. The van der Waals surface area contributed by atoms with Gasteiger partial charge in [0.05, 0.1) is 11.7 Å². The lowest BCUT2D eigenvalue weighted by atomic mass is 10.0. The molecule has 3 aromatic rings. The van der Waals surface area contributed by atoms with Gasteiger partial charge in [-0.25, -0.2) is 15.0 Å². The molecule has 1 atom stereocenters. The number of para-hydroxylation sites is 1. The van der Waals surface area contributed by atoms with Crippen LogP contribution in [0, 0.1) is 18.4 Å². The Bertz CT molecular complexity index is 1110. The third-order valence-electron chi connectivity index (χ3n) is 5.28. The molecule has 0 spiro atoms. The van der Waals surface area contributed by atoms with Crippen LogP contribution in [0.25, 0.3) is 0 Å². The lowest BCUT2D eigenvalue weighted by Crippen LogP contribution is -2.53. The first-order valence-corrected chi connectivity index (χ1v) is 10.4. The number of anilines is 1. The van der Waals surface area contributed by atoms with Crippen molar-refractivity contribution in [1.29, 1.82) is 5.26 Å². The van der Waals surface area contributed by atoms with Crippen molar-refractivity contribution < 1.29 is 0 Å². The van der Waals surface area contributed by atoms with Gasteiger partial charge in [0.15, 0.2) is 6.19 Å². The SMILES string of the molecule is Cc1ccccc1N=C(NC#N)N1CCN(c2ccnc(Cl)n2)C(c2ccccc2)C1. The van der Waals surface area contributed by atoms with Crippen molar-refractivity contribution in [3.05, 3.63) is 83.3 Å². The number of hydrogen-bond donors (Lipinski definition) is 1. The Morgan fingerprint density at radius 1 is 1.13 bits per heavy atom. The average molecular weight is 432 g/mol. The van der Waals surface area contributed by atoms with Crippen LogP contribution in [-0.2, 0) is 0 Å². The zero-order valence-electron chi connectivity index (χ0n) is 17.1. The fourth-order valence-electron chi connectivity index (χ4n) is 3.73. The van der Waals surface area contributed by atoms with Gasteiger partial charge in [-0.2, -0.15) is 5.26 Å². The highest BCUT2D eigenvalue weighted by Gasteiger charge is 2.31. The highest BCUT2D eigenvalue weighted by molar-refractivity contribution is 6.28. The number of nitrogens with one attached hydrogen (secondary N) is 1. The number of aryl methyl sites for hydroxylation is 1. The molecule has 31 heavy (non-hydrogen) atoms. The number of nitrogens with zero attached hydrogens (tertiary/aromatic N) is 6. The van der Waals surface area contributed by atoms with Crippen LogP contribution in [0.2, 0.25) is 5.28 Å². The molecule has 0 bridgehead atoms. The summed E-state index contributed by atoms with van der Waals surface area (Å²) in [6, 6.07) is 20.0. The number of nitriles is 1. The second-order valence-corrected chi connectivity index (χ2v) is 7.55. The zero-order chi connectivity index (χ0) is 21.6. The normalized spacial score (nSPS) is 16.7. The van der Waals surface area contributed by atoms with Gasteiger partial charge in [0.1, 0.15) is 5.82 Å². The predicted molar refractivity (Wildman–Crippen MR) is 122 cm³/mol. The van der Waals surface area contributed by atoms with Gasteiger partial charge in [-0.3, -0.25) is 5.32 Å². The van der Waals surface area contributed by atoms with E-state index in [9.17, 15) is 5.26 Å². The Morgan fingerprint density at radius 3 is 2.65 bits per heavy atom. The monoisotopic (exact) mass is 431 g/mol. The molecular weight excluding hydrogens is 410 g/mol. The average Bonchev–Trinajstić information content (AvgIpc) is 2.80. The summed E-state index contributed by atoms with van der Waals surface area (Å²) >= 11 is 6.06. The number of benzene rings is 2. The van der Waals surface area contributed by atoms with E-state index >= 15 is 0 Å². The minimum Gasteiger partial charge on any atom is -0.346 e. The second-order valence-electron chi connectivity index (χ2n) is 7.21. The molecule has 0 amide bonds. The first-order chi connectivity index (χ1) is 15.2. The standard InChI is InChI=1S/C23H22ClN7/c1-17-7-5-6-10-19(17)28-23(27-16-25)30-13-14-31(21-11-12-26-22(24)29-21)20(15-30)18-8-3-2-4-9-18/h2-12,20H,13-15H2,1H3,(H,27,28). The first kappa shape index (κ1) is 20.6. The predicted octanol–water partition coefficient (Wildman–Crippen LogP) is 4.06. The Morgan fingerprint density at radius 2 is 1.90 bits per heavy atom. The molecule has 1 aliphatic heterocycles. The van der Waals surface area contributed by atoms with E-state index in [4.69, 9.17) is 16.6 Å². The lowest BCUT2D eigenvalue weighted by molar-refractivity contribution is 0.323. The van der Waals surface area contributed by atoms with E-state index in [1.807, 2.05) is 61.6 Å². The van der Waals surface area contributed by atoms with Crippen molar-refractivity contribution in [2.75, 3.05) is 24.5 Å². The molecule has 0 radical (unpaired) electrons. The van der Waals surface area contributed by atoms with E-state index < -0.39 is 0 Å². The zero-order valence-corrected chi connectivity index (χ0v) is 17.9. The van der Waals surface area contributed by atoms with E-state index in [0.717, 1.165) is 22.6 Å². The van der Waals surface area contributed by atoms with Crippen LogP contribution in [0.15, 0.2) is 71.9 Å². The molecule has 1 saturated heterocycles. The topological polar surface area (TPSA) is 80.4 Å². The Hall–Kier alpha value is -3.63. The van der Waals surface area contributed by atoms with Crippen LogP contribution in [0.3, 0.4) is 0 Å². The highest BCUT2D eigenvalue weighted by Crippen LogP contribution is 2.30. The maximum Gasteiger partial charge on any atom is 0.224 e. The largest absolute Gasteiger partial charge is 0.346 e. The molecule has 1 aromatic heterocycles. The summed E-state index contributed by atoms with van der Waals surface area (Å²) in [6.45, 7) is 3.99. The lowest BCUT2D eigenvalue weighted by Gasteiger charge is -2.43. The van der Waals surface area contributed by atoms with Gasteiger partial charge in [0, 0.05) is 25.8 Å². The van der Waals surface area contributed by atoms with Crippen molar-refractivity contribution in [3.63, 3.8) is 0 Å². The van der Waals surface area contributed by atoms with Crippen LogP contribution >= 0.6 is 11.6 Å². The number of rotatable bonds is 3. The molecule has 1 aliphatic rings. The number of piperazine rings is 1. The molecule has 1 N–H and O–H groups in total. The van der Waals surface area contributed by atoms with Crippen LogP contribution in [0.5, 0.6) is 0 Å². The van der Waals surface area contributed by atoms with E-state index in [-0.39, 0.29) is 11.3 Å². The van der Waals surface area contributed by atoms with Gasteiger partial charge < -0.3 is 9.80 Å². The Labute approximate surface area is 186 Å². The van der Waals surface area contributed by atoms with E-state index in [2.05, 4.69) is 37.2 Å². The molecule has 8 heteroatoms. The third-order valence-corrected chi connectivity index (χ3v) is 5.46. The van der Waals surface area contributed by atoms with E-state index in [0.29, 0.717) is 25.6 Å². The molecule has 1 unspecified atom stereocenters. The Balaban J connectivity index is 1.68. The number of aromatic nitrogens is 2. The van der Waals surface area contributed by atoms with Crippen LogP contribution in [0.4, 0.5) is 11.5 Å². The maximum absolute atomic E-state index is 9.35.